The monoisotopic (exact) mass is 232 g/mol. The molecule has 1 aromatic carbocycles. The van der Waals surface area contributed by atoms with Crippen LogP contribution in [0.15, 0.2) is 12.1 Å². The van der Waals surface area contributed by atoms with E-state index in [1.807, 2.05) is 32.9 Å². The maximum absolute atomic E-state index is 10.2. The minimum atomic E-state index is -1.20. The molecule has 0 aliphatic carbocycles. The van der Waals surface area contributed by atoms with E-state index in [1.165, 1.54) is 0 Å². The van der Waals surface area contributed by atoms with Crippen molar-refractivity contribution in [3.63, 3.8) is 0 Å². The molecule has 1 aromatic rings. The summed E-state index contributed by atoms with van der Waals surface area (Å²) in [5, 5.41) is 10.2. The molecule has 1 rings (SSSR count). The van der Waals surface area contributed by atoms with Gasteiger partial charge >= 0.3 is 51.4 Å². The van der Waals surface area contributed by atoms with Crippen molar-refractivity contribution in [2.24, 2.45) is 0 Å². The molecule has 0 unspecified atom stereocenters. The average molecular weight is 232 g/mol. The molecule has 0 fully saturated rings. The Labute approximate surface area is 132 Å². The summed E-state index contributed by atoms with van der Waals surface area (Å²) in [6, 6.07) is 3.89. The zero-order chi connectivity index (χ0) is 10.7. The Morgan fingerprint density at radius 3 is 2.33 bits per heavy atom. The first-order chi connectivity index (χ1) is 6.52. The number of rotatable bonds is 3. The molecule has 3 nitrogen and oxygen atoms in total. The SMILES string of the molecule is Cc1ccc(C)c(OCC(=O)[O-])c1C.[K+]. The fourth-order valence-corrected chi connectivity index (χ4v) is 1.28. The third kappa shape index (κ3) is 4.24. The molecule has 0 heterocycles. The Kier molecular flexibility index (Phi) is 6.71. The van der Waals surface area contributed by atoms with E-state index in [2.05, 4.69) is 0 Å². The fourth-order valence-electron chi connectivity index (χ4n) is 1.28. The molecule has 0 bridgehead atoms. The molecule has 0 N–H and O–H groups in total. The van der Waals surface area contributed by atoms with Crippen LogP contribution in [0.25, 0.3) is 0 Å². The van der Waals surface area contributed by atoms with Crippen LogP contribution in [-0.2, 0) is 4.79 Å². The van der Waals surface area contributed by atoms with Gasteiger partial charge < -0.3 is 14.6 Å². The summed E-state index contributed by atoms with van der Waals surface area (Å²) in [5.74, 6) is -0.556. The van der Waals surface area contributed by atoms with Crippen LogP contribution in [0.1, 0.15) is 16.7 Å². The molecule has 0 aliphatic rings. The third-order valence-electron chi connectivity index (χ3n) is 2.21. The number of benzene rings is 1. The van der Waals surface area contributed by atoms with Gasteiger partial charge in [0.05, 0.1) is 5.97 Å². The van der Waals surface area contributed by atoms with Crippen LogP contribution in [0.2, 0.25) is 0 Å². The Bertz CT molecular complexity index is 361. The van der Waals surface area contributed by atoms with E-state index in [-0.39, 0.29) is 51.4 Å². The summed E-state index contributed by atoms with van der Waals surface area (Å²) in [5.41, 5.74) is 3.00. The summed E-state index contributed by atoms with van der Waals surface area (Å²) in [7, 11) is 0. The molecular formula is C11H13KO3. The Hall–Kier alpha value is 0.126. The molecule has 0 saturated heterocycles. The zero-order valence-electron chi connectivity index (χ0n) is 9.59. The zero-order valence-corrected chi connectivity index (χ0v) is 12.7. The van der Waals surface area contributed by atoms with E-state index < -0.39 is 12.6 Å². The van der Waals surface area contributed by atoms with Gasteiger partial charge in [0.25, 0.3) is 0 Å². The van der Waals surface area contributed by atoms with Crippen LogP contribution < -0.4 is 61.2 Å². The maximum Gasteiger partial charge on any atom is 1.00 e. The fraction of sp³-hybridized carbons (Fsp3) is 0.364. The van der Waals surface area contributed by atoms with Gasteiger partial charge in [-0.1, -0.05) is 12.1 Å². The van der Waals surface area contributed by atoms with Crippen molar-refractivity contribution in [2.45, 2.75) is 20.8 Å². The summed E-state index contributed by atoms with van der Waals surface area (Å²) >= 11 is 0. The van der Waals surface area contributed by atoms with Gasteiger partial charge in [-0.15, -0.1) is 0 Å². The number of carboxylic acid groups (broad SMARTS) is 1. The molecule has 0 aromatic heterocycles. The molecule has 0 saturated carbocycles. The van der Waals surface area contributed by atoms with Gasteiger partial charge in [-0.25, -0.2) is 0 Å². The normalized spacial score (nSPS) is 9.27. The number of hydrogen-bond acceptors (Lipinski definition) is 3. The van der Waals surface area contributed by atoms with E-state index in [0.717, 1.165) is 16.7 Å². The molecule has 0 spiro atoms. The van der Waals surface area contributed by atoms with Crippen molar-refractivity contribution >= 4 is 5.97 Å². The van der Waals surface area contributed by atoms with Gasteiger partial charge in [-0.05, 0) is 37.5 Å². The van der Waals surface area contributed by atoms with Crippen LogP contribution >= 0.6 is 0 Å². The summed E-state index contributed by atoms with van der Waals surface area (Å²) < 4.78 is 5.15. The van der Waals surface area contributed by atoms with E-state index in [0.29, 0.717) is 5.75 Å². The number of carbonyl (C=O) groups is 1. The minimum absolute atomic E-state index is 0. The number of aryl methyl sites for hydroxylation is 2. The Morgan fingerprint density at radius 2 is 1.80 bits per heavy atom. The molecule has 0 radical (unpaired) electrons. The first-order valence-corrected chi connectivity index (χ1v) is 4.42. The third-order valence-corrected chi connectivity index (χ3v) is 2.21. The molecule has 15 heavy (non-hydrogen) atoms. The molecule has 0 aliphatic heterocycles. The predicted octanol–water partition coefficient (Wildman–Crippen LogP) is -2.26. The first kappa shape index (κ1) is 15.1. The van der Waals surface area contributed by atoms with Crippen molar-refractivity contribution in [1.82, 2.24) is 0 Å². The van der Waals surface area contributed by atoms with E-state index in [4.69, 9.17) is 4.74 Å². The predicted molar refractivity (Wildman–Crippen MR) is 51.2 cm³/mol. The summed E-state index contributed by atoms with van der Waals surface area (Å²) in [6.45, 7) is 5.36. The first-order valence-electron chi connectivity index (χ1n) is 4.42. The number of aliphatic carboxylic acids is 1. The van der Waals surface area contributed by atoms with Crippen LogP contribution in [0.5, 0.6) is 5.75 Å². The van der Waals surface area contributed by atoms with Crippen molar-refractivity contribution in [2.75, 3.05) is 6.61 Å². The molecule has 4 heteroatoms. The van der Waals surface area contributed by atoms with Crippen LogP contribution in [0.4, 0.5) is 0 Å². The molecule has 0 amide bonds. The van der Waals surface area contributed by atoms with Gasteiger partial charge in [0, 0.05) is 0 Å². The smallest absolute Gasteiger partial charge is 0.546 e. The summed E-state index contributed by atoms with van der Waals surface area (Å²) in [4.78, 5) is 10.2. The Morgan fingerprint density at radius 1 is 1.27 bits per heavy atom. The van der Waals surface area contributed by atoms with E-state index in [1.54, 1.807) is 0 Å². The average Bonchev–Trinajstić information content (AvgIpc) is 2.11. The molecule has 76 valence electrons. The van der Waals surface area contributed by atoms with Gasteiger partial charge in [0.2, 0.25) is 0 Å². The largest absolute Gasteiger partial charge is 1.00 e. The maximum atomic E-state index is 10.2. The summed E-state index contributed by atoms with van der Waals surface area (Å²) in [6.07, 6.45) is 0. The number of carboxylic acids is 1. The number of carbonyl (C=O) groups excluding carboxylic acids is 1. The van der Waals surface area contributed by atoms with Crippen molar-refractivity contribution in [3.8, 4) is 5.75 Å². The van der Waals surface area contributed by atoms with Gasteiger partial charge in [0.1, 0.15) is 12.4 Å². The van der Waals surface area contributed by atoms with Gasteiger partial charge in [-0.2, -0.15) is 0 Å². The van der Waals surface area contributed by atoms with Crippen molar-refractivity contribution in [3.05, 3.63) is 28.8 Å². The van der Waals surface area contributed by atoms with Crippen molar-refractivity contribution in [1.29, 1.82) is 0 Å². The van der Waals surface area contributed by atoms with E-state index >= 15 is 0 Å². The van der Waals surface area contributed by atoms with Crippen LogP contribution in [0, 0.1) is 20.8 Å². The second-order valence-electron chi connectivity index (χ2n) is 3.31. The molecule has 0 atom stereocenters. The number of ether oxygens (including phenoxy) is 1. The quantitative estimate of drug-likeness (QED) is 0.553. The molecular weight excluding hydrogens is 219 g/mol. The van der Waals surface area contributed by atoms with Crippen LogP contribution in [-0.4, -0.2) is 12.6 Å². The topological polar surface area (TPSA) is 49.4 Å². The second-order valence-corrected chi connectivity index (χ2v) is 3.31. The Balaban J connectivity index is 0.00000196. The minimum Gasteiger partial charge on any atom is -0.546 e. The van der Waals surface area contributed by atoms with E-state index in [9.17, 15) is 9.90 Å². The van der Waals surface area contributed by atoms with Crippen LogP contribution in [0.3, 0.4) is 0 Å². The number of hydrogen-bond donors (Lipinski definition) is 0. The second kappa shape index (κ2) is 6.65. The van der Waals surface area contributed by atoms with Crippen molar-refractivity contribution < 1.29 is 66.0 Å². The van der Waals surface area contributed by atoms with Gasteiger partial charge in [-0.3, -0.25) is 0 Å². The van der Waals surface area contributed by atoms with Gasteiger partial charge in [0.15, 0.2) is 0 Å². The standard InChI is InChI=1S/C11H14O3.K/c1-7-4-5-8(2)11(9(7)3)14-6-10(12)13;/h4-5H,6H2,1-3H3,(H,12,13);/q;+1/p-1.